The molecule has 88 valence electrons. The number of terminal acetylenes is 1. The Hall–Kier alpha value is -1.79. The normalized spacial score (nSPS) is 19.4. The average molecular weight is 228 g/mol. The lowest BCUT2D eigenvalue weighted by atomic mass is 10.1. The van der Waals surface area contributed by atoms with Gasteiger partial charge in [-0.1, -0.05) is 12.1 Å². The van der Waals surface area contributed by atoms with E-state index in [1.165, 1.54) is 5.56 Å². The van der Waals surface area contributed by atoms with Crippen LogP contribution in [-0.4, -0.2) is 19.5 Å². The summed E-state index contributed by atoms with van der Waals surface area (Å²) in [6, 6.07) is 8.00. The minimum atomic E-state index is 0.0513. The number of hydrogen-bond acceptors (Lipinski definition) is 2. The third-order valence-electron chi connectivity index (χ3n) is 2.96. The summed E-state index contributed by atoms with van der Waals surface area (Å²) in [5, 5.41) is 3.10. The van der Waals surface area contributed by atoms with Gasteiger partial charge in [0.2, 0.25) is 5.91 Å². The molecule has 1 aliphatic heterocycles. The lowest BCUT2D eigenvalue weighted by Gasteiger charge is -2.16. The maximum Gasteiger partial charge on any atom is 0.228 e. The van der Waals surface area contributed by atoms with Gasteiger partial charge in [0.15, 0.2) is 0 Å². The van der Waals surface area contributed by atoms with Crippen LogP contribution >= 0.6 is 0 Å². The first-order valence-corrected chi connectivity index (χ1v) is 5.74. The Labute approximate surface area is 102 Å². The third-order valence-corrected chi connectivity index (χ3v) is 2.96. The van der Waals surface area contributed by atoms with Gasteiger partial charge in [-0.3, -0.25) is 4.79 Å². The second-order valence-corrected chi connectivity index (χ2v) is 4.27. The molecule has 3 heteroatoms. The van der Waals surface area contributed by atoms with Crippen molar-refractivity contribution < 1.29 is 4.79 Å². The summed E-state index contributed by atoms with van der Waals surface area (Å²) < 4.78 is 0. The molecule has 0 aromatic heterocycles. The fourth-order valence-corrected chi connectivity index (χ4v) is 2.11. The highest BCUT2D eigenvalue weighted by Gasteiger charge is 2.29. The lowest BCUT2D eigenvalue weighted by molar-refractivity contribution is -0.117. The summed E-state index contributed by atoms with van der Waals surface area (Å²) in [5.41, 5.74) is 2.11. The third kappa shape index (κ3) is 2.48. The maximum absolute atomic E-state index is 11.8. The van der Waals surface area contributed by atoms with Crippen LogP contribution in [0.2, 0.25) is 0 Å². The van der Waals surface area contributed by atoms with Crippen LogP contribution in [0.15, 0.2) is 24.3 Å². The predicted molar refractivity (Wildman–Crippen MR) is 68.5 cm³/mol. The highest BCUT2D eigenvalue weighted by atomic mass is 16.2. The number of rotatable bonds is 3. The summed E-state index contributed by atoms with van der Waals surface area (Å²) in [4.78, 5) is 13.6. The van der Waals surface area contributed by atoms with Crippen molar-refractivity contribution in [2.45, 2.75) is 13.0 Å². The van der Waals surface area contributed by atoms with Gasteiger partial charge in [-0.15, -0.1) is 12.3 Å². The first-order chi connectivity index (χ1) is 8.24. The van der Waals surface area contributed by atoms with Crippen LogP contribution in [0, 0.1) is 18.3 Å². The molecule has 1 aromatic carbocycles. The largest absolute Gasteiger partial charge is 0.316 e. The van der Waals surface area contributed by atoms with E-state index in [0.29, 0.717) is 13.0 Å². The molecule has 1 aromatic rings. The van der Waals surface area contributed by atoms with Gasteiger partial charge in [-0.2, -0.15) is 0 Å². The van der Waals surface area contributed by atoms with E-state index in [2.05, 4.69) is 11.2 Å². The fraction of sp³-hybridized carbons (Fsp3) is 0.357. The zero-order chi connectivity index (χ0) is 12.3. The quantitative estimate of drug-likeness (QED) is 0.793. The Morgan fingerprint density at radius 2 is 2.41 bits per heavy atom. The standard InChI is InChI=1S/C14H16N2O/c1-3-11-8-14(17)16(10-11)13-6-4-5-12(7-13)9-15-2/h1,4-7,11,15H,8-10H2,2H3. The zero-order valence-corrected chi connectivity index (χ0v) is 9.94. The van der Waals surface area contributed by atoms with Gasteiger partial charge in [-0.25, -0.2) is 0 Å². The Kier molecular flexibility index (Phi) is 3.46. The molecule has 0 saturated carbocycles. The number of carbonyl (C=O) groups is 1. The average Bonchev–Trinajstić information content (AvgIpc) is 2.71. The topological polar surface area (TPSA) is 32.3 Å². The Morgan fingerprint density at radius 3 is 3.06 bits per heavy atom. The van der Waals surface area contributed by atoms with Gasteiger partial charge in [-0.05, 0) is 24.7 Å². The van der Waals surface area contributed by atoms with Crippen molar-refractivity contribution in [3.05, 3.63) is 29.8 Å². The Balaban J connectivity index is 2.20. The number of hydrogen-bond donors (Lipinski definition) is 1. The highest BCUT2D eigenvalue weighted by Crippen LogP contribution is 2.25. The molecule has 1 amide bonds. The van der Waals surface area contributed by atoms with E-state index in [1.807, 2.05) is 31.3 Å². The van der Waals surface area contributed by atoms with Crippen LogP contribution in [0.3, 0.4) is 0 Å². The van der Waals surface area contributed by atoms with E-state index in [9.17, 15) is 4.79 Å². The summed E-state index contributed by atoms with van der Waals surface area (Å²) in [5.74, 6) is 2.83. The number of benzene rings is 1. The molecule has 0 radical (unpaired) electrons. The maximum atomic E-state index is 11.8. The molecule has 1 atom stereocenters. The molecular weight excluding hydrogens is 212 g/mol. The van der Waals surface area contributed by atoms with E-state index in [0.717, 1.165) is 12.2 Å². The fourth-order valence-electron chi connectivity index (χ4n) is 2.11. The molecule has 1 saturated heterocycles. The summed E-state index contributed by atoms with van der Waals surface area (Å²) in [6.45, 7) is 1.44. The molecule has 0 bridgehead atoms. The van der Waals surface area contributed by atoms with Gasteiger partial charge < -0.3 is 10.2 Å². The molecule has 1 heterocycles. The molecule has 1 fully saturated rings. The van der Waals surface area contributed by atoms with E-state index >= 15 is 0 Å². The van der Waals surface area contributed by atoms with Gasteiger partial charge in [0.05, 0.1) is 0 Å². The molecule has 17 heavy (non-hydrogen) atoms. The first kappa shape index (κ1) is 11.7. The van der Waals surface area contributed by atoms with E-state index < -0.39 is 0 Å². The molecule has 0 aliphatic carbocycles. The minimum Gasteiger partial charge on any atom is -0.316 e. The van der Waals surface area contributed by atoms with Gasteiger partial charge in [0.25, 0.3) is 0 Å². The van der Waals surface area contributed by atoms with Crippen molar-refractivity contribution in [1.82, 2.24) is 5.32 Å². The zero-order valence-electron chi connectivity index (χ0n) is 9.94. The molecule has 3 nitrogen and oxygen atoms in total. The van der Waals surface area contributed by atoms with Crippen molar-refractivity contribution >= 4 is 11.6 Å². The number of amides is 1. The van der Waals surface area contributed by atoms with E-state index in [1.54, 1.807) is 4.90 Å². The summed E-state index contributed by atoms with van der Waals surface area (Å²) >= 11 is 0. The second kappa shape index (κ2) is 5.03. The molecule has 1 unspecified atom stereocenters. The minimum absolute atomic E-state index is 0.0513. The molecule has 2 rings (SSSR count). The van der Waals surface area contributed by atoms with Gasteiger partial charge >= 0.3 is 0 Å². The second-order valence-electron chi connectivity index (χ2n) is 4.27. The van der Waals surface area contributed by atoms with Crippen LogP contribution in [0.5, 0.6) is 0 Å². The van der Waals surface area contributed by atoms with E-state index in [4.69, 9.17) is 6.42 Å². The number of nitrogens with one attached hydrogen (secondary N) is 1. The predicted octanol–water partition coefficient (Wildman–Crippen LogP) is 1.39. The number of nitrogens with zero attached hydrogens (tertiary/aromatic N) is 1. The number of anilines is 1. The molecule has 1 aliphatic rings. The summed E-state index contributed by atoms with van der Waals surface area (Å²) in [6.07, 6.45) is 5.84. The lowest BCUT2D eigenvalue weighted by Crippen LogP contribution is -2.24. The van der Waals surface area contributed by atoms with Crippen molar-refractivity contribution in [3.63, 3.8) is 0 Å². The smallest absolute Gasteiger partial charge is 0.228 e. The summed E-state index contributed by atoms with van der Waals surface area (Å²) in [7, 11) is 1.90. The van der Waals surface area contributed by atoms with Crippen LogP contribution in [0.25, 0.3) is 0 Å². The van der Waals surface area contributed by atoms with Crippen LogP contribution in [0.4, 0.5) is 5.69 Å². The van der Waals surface area contributed by atoms with Crippen molar-refractivity contribution in [2.75, 3.05) is 18.5 Å². The van der Waals surface area contributed by atoms with Crippen molar-refractivity contribution in [3.8, 4) is 12.3 Å². The SMILES string of the molecule is C#CC1CC(=O)N(c2cccc(CNC)c2)C1. The molecule has 0 spiro atoms. The van der Waals surface area contributed by atoms with Crippen LogP contribution in [-0.2, 0) is 11.3 Å². The Morgan fingerprint density at radius 1 is 1.59 bits per heavy atom. The van der Waals surface area contributed by atoms with Crippen LogP contribution in [0.1, 0.15) is 12.0 Å². The highest BCUT2D eigenvalue weighted by molar-refractivity contribution is 5.96. The van der Waals surface area contributed by atoms with Gasteiger partial charge in [0, 0.05) is 31.1 Å². The van der Waals surface area contributed by atoms with Crippen molar-refractivity contribution in [1.29, 1.82) is 0 Å². The van der Waals surface area contributed by atoms with E-state index in [-0.39, 0.29) is 11.8 Å². The van der Waals surface area contributed by atoms with Gasteiger partial charge in [0.1, 0.15) is 0 Å². The van der Waals surface area contributed by atoms with Crippen LogP contribution < -0.4 is 10.2 Å². The molecule has 1 N–H and O–H groups in total. The van der Waals surface area contributed by atoms with Crippen molar-refractivity contribution in [2.24, 2.45) is 5.92 Å². The Bertz CT molecular complexity index is 462. The first-order valence-electron chi connectivity index (χ1n) is 5.74. The molecular formula is C14H16N2O. The monoisotopic (exact) mass is 228 g/mol. The number of carbonyl (C=O) groups excluding carboxylic acids is 1.